The highest BCUT2D eigenvalue weighted by Crippen LogP contribution is 2.27. The summed E-state index contributed by atoms with van der Waals surface area (Å²) < 4.78 is 27.2. The van der Waals surface area contributed by atoms with Gasteiger partial charge in [0, 0.05) is 24.5 Å². The topological polar surface area (TPSA) is 66.5 Å². The number of carbonyl (C=O) groups is 1. The minimum atomic E-state index is -3.57. The summed E-state index contributed by atoms with van der Waals surface area (Å²) in [6, 6.07) is 4.81. The van der Waals surface area contributed by atoms with Crippen LogP contribution in [0.3, 0.4) is 0 Å². The van der Waals surface area contributed by atoms with Crippen LogP contribution >= 0.6 is 11.8 Å². The van der Waals surface area contributed by atoms with Crippen molar-refractivity contribution in [2.45, 2.75) is 42.9 Å². The summed E-state index contributed by atoms with van der Waals surface area (Å²) in [6.07, 6.45) is 4.61. The Morgan fingerprint density at radius 3 is 2.58 bits per heavy atom. The monoisotopic (exact) mass is 370 g/mol. The molecule has 0 radical (unpaired) electrons. The van der Waals surface area contributed by atoms with Crippen LogP contribution in [0.2, 0.25) is 0 Å². The second-order valence-electron chi connectivity index (χ2n) is 6.23. The lowest BCUT2D eigenvalue weighted by Crippen LogP contribution is -2.38. The highest BCUT2D eigenvalue weighted by molar-refractivity contribution is 7.98. The molecule has 5 nitrogen and oxygen atoms in total. The van der Waals surface area contributed by atoms with Crippen molar-refractivity contribution in [2.75, 3.05) is 25.9 Å². The van der Waals surface area contributed by atoms with Crippen LogP contribution < -0.4 is 4.72 Å². The fraction of sp³-hybridized carbons (Fsp3) is 0.588. The molecular weight excluding hydrogens is 344 g/mol. The summed E-state index contributed by atoms with van der Waals surface area (Å²) in [7, 11) is -3.57. The second-order valence-corrected chi connectivity index (χ2v) is 8.85. The Balaban J connectivity index is 2.31. The normalized spacial score (nSPS) is 16.4. The van der Waals surface area contributed by atoms with Crippen LogP contribution in [0.1, 0.15) is 43.5 Å². The first-order valence-electron chi connectivity index (χ1n) is 8.36. The molecule has 1 aromatic rings. The smallest absolute Gasteiger partial charge is 0.255 e. The molecule has 0 atom stereocenters. The van der Waals surface area contributed by atoms with Crippen LogP contribution in [0.15, 0.2) is 28.0 Å². The number of piperidine rings is 1. The highest BCUT2D eigenvalue weighted by atomic mass is 32.2. The maximum absolute atomic E-state index is 12.9. The van der Waals surface area contributed by atoms with E-state index in [4.69, 9.17) is 0 Å². The molecule has 1 aromatic carbocycles. The third-order valence-corrected chi connectivity index (χ3v) is 6.58. The molecule has 1 saturated heterocycles. The van der Waals surface area contributed by atoms with Crippen molar-refractivity contribution in [3.63, 3.8) is 0 Å². The number of rotatable bonds is 6. The summed E-state index contributed by atoms with van der Waals surface area (Å²) in [5.41, 5.74) is 0.483. The van der Waals surface area contributed by atoms with E-state index in [9.17, 15) is 13.2 Å². The van der Waals surface area contributed by atoms with Crippen molar-refractivity contribution in [3.8, 4) is 0 Å². The zero-order valence-corrected chi connectivity index (χ0v) is 16.2. The molecule has 0 aromatic heterocycles. The minimum absolute atomic E-state index is 0.0706. The van der Waals surface area contributed by atoms with Gasteiger partial charge in [-0.25, -0.2) is 13.1 Å². The Kier molecular flexibility index (Phi) is 6.71. The number of hydrogen-bond acceptors (Lipinski definition) is 4. The van der Waals surface area contributed by atoms with E-state index < -0.39 is 10.0 Å². The third-order valence-electron chi connectivity index (χ3n) is 4.32. The summed E-state index contributed by atoms with van der Waals surface area (Å²) in [5, 5.41) is 0. The maximum Gasteiger partial charge on any atom is 0.255 e. The number of likely N-dealkylation sites (tertiary alicyclic amines) is 1. The van der Waals surface area contributed by atoms with Gasteiger partial charge in [0.2, 0.25) is 10.0 Å². The van der Waals surface area contributed by atoms with Gasteiger partial charge in [0.15, 0.2) is 0 Å². The van der Waals surface area contributed by atoms with Gasteiger partial charge in [0.05, 0.1) is 10.5 Å². The zero-order chi connectivity index (χ0) is 17.7. The van der Waals surface area contributed by atoms with Gasteiger partial charge in [0.25, 0.3) is 5.91 Å². The number of benzene rings is 1. The molecule has 7 heteroatoms. The van der Waals surface area contributed by atoms with Gasteiger partial charge in [-0.2, -0.15) is 0 Å². The van der Waals surface area contributed by atoms with Crippen LogP contribution in [-0.4, -0.2) is 45.1 Å². The van der Waals surface area contributed by atoms with Gasteiger partial charge in [-0.05, 0) is 49.6 Å². The predicted octanol–water partition coefficient (Wildman–Crippen LogP) is 2.97. The van der Waals surface area contributed by atoms with Crippen LogP contribution in [0.25, 0.3) is 0 Å². The molecular formula is C17H26N2O3S2. The Morgan fingerprint density at radius 1 is 1.33 bits per heavy atom. The van der Waals surface area contributed by atoms with E-state index in [-0.39, 0.29) is 10.8 Å². The van der Waals surface area contributed by atoms with Crippen molar-refractivity contribution in [3.05, 3.63) is 23.8 Å². The molecule has 1 amide bonds. The molecule has 0 unspecified atom stereocenters. The van der Waals surface area contributed by atoms with Crippen LogP contribution in [0, 0.1) is 5.92 Å². The first-order chi connectivity index (χ1) is 11.4. The number of nitrogens with one attached hydrogen (secondary N) is 1. The average Bonchev–Trinajstić information content (AvgIpc) is 2.59. The Hall–Kier alpha value is -1.05. The lowest BCUT2D eigenvalue weighted by molar-refractivity contribution is 0.0693. The van der Waals surface area contributed by atoms with Crippen molar-refractivity contribution < 1.29 is 13.2 Å². The molecule has 0 saturated carbocycles. The van der Waals surface area contributed by atoms with Crippen molar-refractivity contribution in [1.29, 1.82) is 0 Å². The van der Waals surface area contributed by atoms with Crippen molar-refractivity contribution >= 4 is 27.7 Å². The Morgan fingerprint density at radius 2 is 2.00 bits per heavy atom. The van der Waals surface area contributed by atoms with Crippen molar-refractivity contribution in [1.82, 2.24) is 9.62 Å². The van der Waals surface area contributed by atoms with Crippen LogP contribution in [0.5, 0.6) is 0 Å². The molecule has 134 valence electrons. The van der Waals surface area contributed by atoms with Gasteiger partial charge in [-0.3, -0.25) is 4.79 Å². The van der Waals surface area contributed by atoms with E-state index in [0.717, 1.165) is 37.2 Å². The van der Waals surface area contributed by atoms with Crippen LogP contribution in [-0.2, 0) is 10.0 Å². The van der Waals surface area contributed by atoms with Crippen LogP contribution in [0.4, 0.5) is 0 Å². The number of carbonyl (C=O) groups excluding carboxylic acids is 1. The van der Waals surface area contributed by atoms with E-state index in [1.54, 1.807) is 12.1 Å². The minimum Gasteiger partial charge on any atom is -0.339 e. The zero-order valence-electron chi connectivity index (χ0n) is 14.5. The summed E-state index contributed by atoms with van der Waals surface area (Å²) in [5.74, 6) is 0.567. The van der Waals surface area contributed by atoms with E-state index in [1.165, 1.54) is 17.8 Å². The predicted molar refractivity (Wildman–Crippen MR) is 98.0 cm³/mol. The highest BCUT2D eigenvalue weighted by Gasteiger charge is 2.25. The number of nitrogens with zero attached hydrogens (tertiary/aromatic N) is 1. The summed E-state index contributed by atoms with van der Waals surface area (Å²) >= 11 is 1.46. The SMILES string of the molecule is CCCNS(=O)(=O)c1ccc(SC)c(C(=O)N2CCC(C)CC2)c1. The van der Waals surface area contributed by atoms with Gasteiger partial charge >= 0.3 is 0 Å². The van der Waals surface area contributed by atoms with E-state index in [2.05, 4.69) is 11.6 Å². The molecule has 1 N–H and O–H groups in total. The summed E-state index contributed by atoms with van der Waals surface area (Å²) in [6.45, 7) is 5.96. The maximum atomic E-state index is 12.9. The van der Waals surface area contributed by atoms with E-state index in [0.29, 0.717) is 18.0 Å². The van der Waals surface area contributed by atoms with Gasteiger partial charge in [0.1, 0.15) is 0 Å². The van der Waals surface area contributed by atoms with Gasteiger partial charge in [-0.1, -0.05) is 13.8 Å². The molecule has 24 heavy (non-hydrogen) atoms. The largest absolute Gasteiger partial charge is 0.339 e. The first-order valence-corrected chi connectivity index (χ1v) is 11.1. The van der Waals surface area contributed by atoms with E-state index in [1.807, 2.05) is 18.1 Å². The number of amides is 1. The number of hydrogen-bond donors (Lipinski definition) is 1. The van der Waals surface area contributed by atoms with Crippen molar-refractivity contribution in [2.24, 2.45) is 5.92 Å². The molecule has 1 heterocycles. The lowest BCUT2D eigenvalue weighted by atomic mass is 9.98. The lowest BCUT2D eigenvalue weighted by Gasteiger charge is -2.30. The Labute approximate surface area is 149 Å². The van der Waals surface area contributed by atoms with E-state index >= 15 is 0 Å². The molecule has 1 fully saturated rings. The molecule has 0 aliphatic carbocycles. The van der Waals surface area contributed by atoms with Gasteiger partial charge in [-0.15, -0.1) is 11.8 Å². The standard InChI is InChI=1S/C17H26N2O3S2/c1-4-9-18-24(21,22)14-5-6-16(23-3)15(12-14)17(20)19-10-7-13(2)8-11-19/h5-6,12-13,18H,4,7-11H2,1-3H3. The third kappa shape index (κ3) is 4.52. The molecule has 2 rings (SSSR count). The number of thioether (sulfide) groups is 1. The fourth-order valence-electron chi connectivity index (χ4n) is 2.72. The summed E-state index contributed by atoms with van der Waals surface area (Å²) in [4.78, 5) is 15.7. The molecule has 0 spiro atoms. The fourth-order valence-corrected chi connectivity index (χ4v) is 4.45. The quantitative estimate of drug-likeness (QED) is 0.782. The number of sulfonamides is 1. The Bertz CT molecular complexity index is 681. The second kappa shape index (κ2) is 8.36. The first kappa shape index (κ1) is 19.3. The average molecular weight is 371 g/mol. The molecule has 0 bridgehead atoms. The molecule has 1 aliphatic heterocycles. The van der Waals surface area contributed by atoms with Gasteiger partial charge < -0.3 is 4.90 Å². The molecule has 1 aliphatic rings.